The monoisotopic (exact) mass is 383 g/mol. The Kier molecular flexibility index (Phi) is 6.47. The number of carbonyl (C=O) groups is 1. The molecule has 0 radical (unpaired) electrons. The Labute approximate surface area is 145 Å². The van der Waals surface area contributed by atoms with Crippen molar-refractivity contribution in [3.8, 4) is 11.5 Å². The summed E-state index contributed by atoms with van der Waals surface area (Å²) in [5, 5.41) is 9.29. The largest absolute Gasteiger partial charge is 0.490 e. The zero-order chi connectivity index (χ0) is 16.8. The Balaban J connectivity index is 2.22. The van der Waals surface area contributed by atoms with Gasteiger partial charge in [0.05, 0.1) is 11.1 Å². The Morgan fingerprint density at radius 3 is 2.96 bits per heavy atom. The molecular formula is C17H22BrNO4. The predicted molar refractivity (Wildman–Crippen MR) is 92.1 cm³/mol. The van der Waals surface area contributed by atoms with Gasteiger partial charge in [-0.1, -0.05) is 12.7 Å². The maximum absolute atomic E-state index is 11.3. The Hall–Kier alpha value is -1.53. The number of nitrogens with zero attached hydrogens (tertiary/aromatic N) is 1. The van der Waals surface area contributed by atoms with Crippen LogP contribution >= 0.6 is 15.9 Å². The first-order valence-electron chi connectivity index (χ1n) is 7.72. The Morgan fingerprint density at radius 1 is 1.52 bits per heavy atom. The van der Waals surface area contributed by atoms with Crippen molar-refractivity contribution in [2.75, 3.05) is 19.8 Å². The first-order valence-corrected chi connectivity index (χ1v) is 8.51. The second kappa shape index (κ2) is 8.36. The second-order valence-corrected chi connectivity index (χ2v) is 6.26. The highest BCUT2D eigenvalue weighted by Gasteiger charge is 2.30. The summed E-state index contributed by atoms with van der Waals surface area (Å²) in [7, 11) is 0. The number of halogens is 1. The van der Waals surface area contributed by atoms with E-state index in [2.05, 4.69) is 22.5 Å². The van der Waals surface area contributed by atoms with Gasteiger partial charge >= 0.3 is 5.97 Å². The molecule has 5 nitrogen and oxygen atoms in total. The van der Waals surface area contributed by atoms with Gasteiger partial charge in [0.1, 0.15) is 12.6 Å². The molecule has 1 saturated heterocycles. The molecule has 1 unspecified atom stereocenters. The van der Waals surface area contributed by atoms with Crippen LogP contribution in [0.2, 0.25) is 0 Å². The molecule has 6 heteroatoms. The van der Waals surface area contributed by atoms with Gasteiger partial charge in [-0.15, -0.1) is 0 Å². The fourth-order valence-corrected chi connectivity index (χ4v) is 3.39. The smallest absolute Gasteiger partial charge is 0.320 e. The van der Waals surface area contributed by atoms with E-state index >= 15 is 0 Å². The molecule has 2 rings (SSSR count). The van der Waals surface area contributed by atoms with Gasteiger partial charge in [0, 0.05) is 6.54 Å². The van der Waals surface area contributed by atoms with E-state index in [1.807, 2.05) is 24.0 Å². The van der Waals surface area contributed by atoms with Crippen LogP contribution in [0.3, 0.4) is 0 Å². The normalized spacial score (nSPS) is 17.9. The number of carboxylic acid groups (broad SMARTS) is 1. The van der Waals surface area contributed by atoms with Gasteiger partial charge in [-0.2, -0.15) is 0 Å². The maximum atomic E-state index is 11.3. The molecule has 1 heterocycles. The molecule has 1 aliphatic heterocycles. The van der Waals surface area contributed by atoms with E-state index in [1.54, 1.807) is 6.08 Å². The van der Waals surface area contributed by atoms with E-state index in [4.69, 9.17) is 9.47 Å². The number of carboxylic acids is 1. The SMILES string of the molecule is C=CCOc1c(Br)cc(CN2CCCC2C(=O)O)cc1OCC. The molecule has 0 spiro atoms. The zero-order valence-electron chi connectivity index (χ0n) is 13.3. The van der Waals surface area contributed by atoms with Crippen LogP contribution in [0, 0.1) is 0 Å². The lowest BCUT2D eigenvalue weighted by atomic mass is 10.1. The average molecular weight is 384 g/mol. The summed E-state index contributed by atoms with van der Waals surface area (Å²) in [6.07, 6.45) is 3.30. The van der Waals surface area contributed by atoms with E-state index < -0.39 is 12.0 Å². The maximum Gasteiger partial charge on any atom is 0.320 e. The van der Waals surface area contributed by atoms with Gasteiger partial charge in [-0.25, -0.2) is 0 Å². The average Bonchev–Trinajstić information content (AvgIpc) is 2.95. The summed E-state index contributed by atoms with van der Waals surface area (Å²) >= 11 is 3.52. The first kappa shape index (κ1) is 17.8. The highest BCUT2D eigenvalue weighted by molar-refractivity contribution is 9.10. The molecule has 0 saturated carbocycles. The van der Waals surface area contributed by atoms with Gasteiger partial charge in [-0.3, -0.25) is 9.69 Å². The third-order valence-electron chi connectivity index (χ3n) is 3.75. The van der Waals surface area contributed by atoms with Gasteiger partial charge in [0.2, 0.25) is 0 Å². The van der Waals surface area contributed by atoms with Crippen molar-refractivity contribution in [1.29, 1.82) is 0 Å². The minimum absolute atomic E-state index is 0.394. The number of rotatable bonds is 8. The molecule has 0 aliphatic carbocycles. The van der Waals surface area contributed by atoms with Crippen molar-refractivity contribution in [2.45, 2.75) is 32.4 Å². The summed E-state index contributed by atoms with van der Waals surface area (Å²) < 4.78 is 12.1. The predicted octanol–water partition coefficient (Wildman–Crippen LogP) is 3.46. The highest BCUT2D eigenvalue weighted by atomic mass is 79.9. The number of hydrogen-bond donors (Lipinski definition) is 1. The minimum Gasteiger partial charge on any atom is -0.490 e. The molecule has 1 fully saturated rings. The molecule has 0 amide bonds. The lowest BCUT2D eigenvalue weighted by Gasteiger charge is -2.22. The Bertz CT molecular complexity index is 576. The van der Waals surface area contributed by atoms with E-state index in [-0.39, 0.29) is 0 Å². The van der Waals surface area contributed by atoms with Crippen molar-refractivity contribution in [1.82, 2.24) is 4.90 Å². The van der Waals surface area contributed by atoms with Gasteiger partial charge in [0.25, 0.3) is 0 Å². The third kappa shape index (κ3) is 4.48. The lowest BCUT2D eigenvalue weighted by molar-refractivity contribution is -0.142. The van der Waals surface area contributed by atoms with E-state index in [0.29, 0.717) is 37.7 Å². The fraction of sp³-hybridized carbons (Fsp3) is 0.471. The fourth-order valence-electron chi connectivity index (χ4n) is 2.79. The summed E-state index contributed by atoms with van der Waals surface area (Å²) in [6, 6.07) is 3.48. The molecule has 1 aromatic rings. The standard InChI is InChI=1S/C17H22BrNO4/c1-3-8-23-16-13(18)9-12(10-15(16)22-4-2)11-19-7-5-6-14(19)17(20)21/h3,9-10,14H,1,4-8,11H2,2H3,(H,20,21). The van der Waals surface area contributed by atoms with Crippen molar-refractivity contribution in [3.63, 3.8) is 0 Å². The summed E-state index contributed by atoms with van der Waals surface area (Å²) in [4.78, 5) is 13.3. The topological polar surface area (TPSA) is 59.0 Å². The van der Waals surface area contributed by atoms with Crippen molar-refractivity contribution >= 4 is 21.9 Å². The van der Waals surface area contributed by atoms with Crippen LogP contribution in [0.15, 0.2) is 29.3 Å². The molecule has 1 atom stereocenters. The molecule has 23 heavy (non-hydrogen) atoms. The van der Waals surface area contributed by atoms with E-state index in [9.17, 15) is 9.90 Å². The van der Waals surface area contributed by atoms with Crippen LogP contribution in [-0.2, 0) is 11.3 Å². The summed E-state index contributed by atoms with van der Waals surface area (Å²) in [5.41, 5.74) is 0.999. The quantitative estimate of drug-likeness (QED) is 0.696. The summed E-state index contributed by atoms with van der Waals surface area (Å²) in [5.74, 6) is 0.550. The molecule has 1 aromatic carbocycles. The van der Waals surface area contributed by atoms with Gasteiger partial charge in [-0.05, 0) is 59.9 Å². The van der Waals surface area contributed by atoms with Crippen LogP contribution in [0.25, 0.3) is 0 Å². The second-order valence-electron chi connectivity index (χ2n) is 5.40. The molecule has 1 aliphatic rings. The van der Waals surface area contributed by atoms with Crippen molar-refractivity contribution in [2.24, 2.45) is 0 Å². The highest BCUT2D eigenvalue weighted by Crippen LogP contribution is 2.37. The Morgan fingerprint density at radius 2 is 2.30 bits per heavy atom. The lowest BCUT2D eigenvalue weighted by Crippen LogP contribution is -2.35. The number of ether oxygens (including phenoxy) is 2. The summed E-state index contributed by atoms with van der Waals surface area (Å²) in [6.45, 7) is 7.87. The first-order chi connectivity index (χ1) is 11.1. The zero-order valence-corrected chi connectivity index (χ0v) is 14.8. The van der Waals surface area contributed by atoms with Crippen LogP contribution in [0.5, 0.6) is 11.5 Å². The van der Waals surface area contributed by atoms with Crippen LogP contribution in [-0.4, -0.2) is 41.8 Å². The van der Waals surface area contributed by atoms with Crippen LogP contribution in [0.1, 0.15) is 25.3 Å². The molecule has 0 aromatic heterocycles. The van der Waals surface area contributed by atoms with Gasteiger partial charge < -0.3 is 14.6 Å². The molecule has 0 bridgehead atoms. The number of likely N-dealkylation sites (tertiary alicyclic amines) is 1. The van der Waals surface area contributed by atoms with Gasteiger partial charge in [0.15, 0.2) is 11.5 Å². The number of aliphatic carboxylic acids is 1. The van der Waals surface area contributed by atoms with E-state index in [0.717, 1.165) is 23.0 Å². The van der Waals surface area contributed by atoms with Crippen LogP contribution < -0.4 is 9.47 Å². The minimum atomic E-state index is -0.752. The molecular weight excluding hydrogens is 362 g/mol. The molecule has 126 valence electrons. The third-order valence-corrected chi connectivity index (χ3v) is 4.34. The molecule has 1 N–H and O–H groups in total. The van der Waals surface area contributed by atoms with E-state index in [1.165, 1.54) is 0 Å². The number of hydrogen-bond acceptors (Lipinski definition) is 4. The van der Waals surface area contributed by atoms with Crippen molar-refractivity contribution in [3.05, 3.63) is 34.8 Å². The number of benzene rings is 1. The van der Waals surface area contributed by atoms with Crippen molar-refractivity contribution < 1.29 is 19.4 Å². The van der Waals surface area contributed by atoms with Crippen LogP contribution in [0.4, 0.5) is 0 Å².